The van der Waals surface area contributed by atoms with E-state index in [0.29, 0.717) is 11.3 Å². The second-order valence-electron chi connectivity index (χ2n) is 3.42. The fraction of sp³-hybridized carbons (Fsp3) is 0.0833. The molecule has 0 radical (unpaired) electrons. The Labute approximate surface area is 108 Å². The van der Waals surface area contributed by atoms with Crippen molar-refractivity contribution < 1.29 is 9.21 Å². The van der Waals surface area contributed by atoms with Crippen LogP contribution in [0.5, 0.6) is 0 Å². The highest BCUT2D eigenvalue weighted by molar-refractivity contribution is 6.29. The second-order valence-corrected chi connectivity index (χ2v) is 3.81. The number of rotatable bonds is 3. The van der Waals surface area contributed by atoms with Crippen molar-refractivity contribution >= 4 is 17.5 Å². The molecule has 0 aliphatic rings. The number of nitrogens with zero attached hydrogens (tertiary/aromatic N) is 2. The summed E-state index contributed by atoms with van der Waals surface area (Å²) in [6, 6.07) is 7.31. The number of pyridine rings is 1. The quantitative estimate of drug-likeness (QED) is 0.860. The van der Waals surface area contributed by atoms with Crippen LogP contribution < -0.4 is 5.32 Å². The molecule has 0 fully saturated rings. The molecule has 90 valence electrons. The lowest BCUT2D eigenvalue weighted by Crippen LogP contribution is -2.27. The van der Waals surface area contributed by atoms with E-state index in [1.54, 1.807) is 12.1 Å². The molecule has 0 saturated heterocycles. The summed E-state index contributed by atoms with van der Waals surface area (Å²) in [5.41, 5.74) is 0.335. The van der Waals surface area contributed by atoms with Crippen molar-refractivity contribution in [3.63, 3.8) is 0 Å². The zero-order valence-electron chi connectivity index (χ0n) is 9.13. The molecule has 0 aliphatic carbocycles. The summed E-state index contributed by atoms with van der Waals surface area (Å²) in [6.07, 6.45) is 2.86. The molecule has 5 nitrogen and oxygen atoms in total. The van der Waals surface area contributed by atoms with Gasteiger partial charge in [-0.25, -0.2) is 4.98 Å². The number of carbonyl (C=O) groups is 1. The Balaban J connectivity index is 2.14. The first-order valence-electron chi connectivity index (χ1n) is 5.06. The lowest BCUT2D eigenvalue weighted by atomic mass is 10.2. The van der Waals surface area contributed by atoms with Crippen molar-refractivity contribution in [3.8, 4) is 6.07 Å². The van der Waals surface area contributed by atoms with Gasteiger partial charge in [0.25, 0.3) is 5.91 Å². The van der Waals surface area contributed by atoms with E-state index in [4.69, 9.17) is 21.3 Å². The highest BCUT2D eigenvalue weighted by atomic mass is 35.5. The van der Waals surface area contributed by atoms with Gasteiger partial charge in [0.1, 0.15) is 10.9 Å². The Morgan fingerprint density at radius 3 is 3.00 bits per heavy atom. The van der Waals surface area contributed by atoms with Crippen LogP contribution in [0.4, 0.5) is 0 Å². The van der Waals surface area contributed by atoms with Gasteiger partial charge < -0.3 is 9.73 Å². The largest absolute Gasteiger partial charge is 0.466 e. The van der Waals surface area contributed by atoms with Gasteiger partial charge in [0, 0.05) is 11.8 Å². The molecular weight excluding hydrogens is 254 g/mol. The standard InChI is InChI=1S/C12H8ClN3O2/c13-11-6-8(3-4-15-11)12(17)16-9(7-14)10-2-1-5-18-10/h1-6,9H,(H,16,17). The van der Waals surface area contributed by atoms with Gasteiger partial charge in [0.05, 0.1) is 12.3 Å². The van der Waals surface area contributed by atoms with Gasteiger partial charge in [-0.3, -0.25) is 4.79 Å². The summed E-state index contributed by atoms with van der Waals surface area (Å²) >= 11 is 5.68. The van der Waals surface area contributed by atoms with Crippen LogP contribution in [0.15, 0.2) is 41.1 Å². The highest BCUT2D eigenvalue weighted by Crippen LogP contribution is 2.14. The zero-order valence-corrected chi connectivity index (χ0v) is 9.89. The predicted octanol–water partition coefficient (Wildman–Crippen LogP) is 2.32. The number of hydrogen-bond acceptors (Lipinski definition) is 4. The lowest BCUT2D eigenvalue weighted by Gasteiger charge is -2.09. The minimum Gasteiger partial charge on any atom is -0.466 e. The van der Waals surface area contributed by atoms with Gasteiger partial charge in [-0.1, -0.05) is 11.6 Å². The van der Waals surface area contributed by atoms with E-state index in [0.717, 1.165) is 0 Å². The van der Waals surface area contributed by atoms with Gasteiger partial charge in [0.2, 0.25) is 0 Å². The fourth-order valence-corrected chi connectivity index (χ4v) is 1.55. The van der Waals surface area contributed by atoms with E-state index in [9.17, 15) is 4.79 Å². The minimum atomic E-state index is -0.834. The Bertz CT molecular complexity index is 590. The first-order chi connectivity index (χ1) is 8.70. The van der Waals surface area contributed by atoms with Gasteiger partial charge in [0.15, 0.2) is 6.04 Å². The highest BCUT2D eigenvalue weighted by Gasteiger charge is 2.17. The molecule has 0 spiro atoms. The molecular formula is C12H8ClN3O2. The van der Waals surface area contributed by atoms with E-state index in [2.05, 4.69) is 10.3 Å². The van der Waals surface area contributed by atoms with Gasteiger partial charge in [-0.2, -0.15) is 5.26 Å². The topological polar surface area (TPSA) is 78.9 Å². The first kappa shape index (κ1) is 12.1. The molecule has 1 atom stereocenters. The molecule has 0 aliphatic heterocycles. The summed E-state index contributed by atoms with van der Waals surface area (Å²) in [7, 11) is 0. The van der Waals surface area contributed by atoms with Crippen LogP contribution >= 0.6 is 11.6 Å². The normalized spacial score (nSPS) is 11.6. The third-order valence-corrected chi connectivity index (χ3v) is 2.43. The maximum atomic E-state index is 11.9. The van der Waals surface area contributed by atoms with E-state index in [1.165, 1.54) is 24.6 Å². The van der Waals surface area contributed by atoms with Crippen molar-refractivity contribution in [2.24, 2.45) is 0 Å². The Kier molecular flexibility index (Phi) is 3.60. The second kappa shape index (κ2) is 5.34. The molecule has 2 heterocycles. The van der Waals surface area contributed by atoms with E-state index < -0.39 is 11.9 Å². The molecule has 6 heteroatoms. The first-order valence-corrected chi connectivity index (χ1v) is 5.44. The summed E-state index contributed by atoms with van der Waals surface area (Å²) in [4.78, 5) is 15.6. The number of carbonyl (C=O) groups excluding carboxylic acids is 1. The van der Waals surface area contributed by atoms with Crippen LogP contribution in [0.1, 0.15) is 22.2 Å². The predicted molar refractivity (Wildman–Crippen MR) is 63.8 cm³/mol. The van der Waals surface area contributed by atoms with Crippen molar-refractivity contribution in [1.29, 1.82) is 5.26 Å². The maximum Gasteiger partial charge on any atom is 0.252 e. The monoisotopic (exact) mass is 261 g/mol. The average molecular weight is 262 g/mol. The summed E-state index contributed by atoms with van der Waals surface area (Å²) in [6.45, 7) is 0. The summed E-state index contributed by atoms with van der Waals surface area (Å²) in [5.74, 6) is -0.0340. The number of furan rings is 1. The van der Waals surface area contributed by atoms with Crippen LogP contribution in [0, 0.1) is 11.3 Å². The fourth-order valence-electron chi connectivity index (χ4n) is 1.38. The Morgan fingerprint density at radius 1 is 1.56 bits per heavy atom. The molecule has 0 saturated carbocycles. The molecule has 2 aromatic rings. The van der Waals surface area contributed by atoms with Crippen molar-refractivity contribution in [3.05, 3.63) is 53.2 Å². The van der Waals surface area contributed by atoms with Gasteiger partial charge in [-0.05, 0) is 24.3 Å². The van der Waals surface area contributed by atoms with Crippen LogP contribution in [0.25, 0.3) is 0 Å². The smallest absolute Gasteiger partial charge is 0.252 e. The minimum absolute atomic E-state index is 0.217. The van der Waals surface area contributed by atoms with Crippen LogP contribution in [0.3, 0.4) is 0 Å². The molecule has 1 amide bonds. The average Bonchev–Trinajstić information content (AvgIpc) is 2.89. The van der Waals surface area contributed by atoms with Crippen LogP contribution in [0.2, 0.25) is 5.15 Å². The summed E-state index contributed by atoms with van der Waals surface area (Å²) < 4.78 is 5.07. The van der Waals surface area contributed by atoms with Crippen LogP contribution in [-0.2, 0) is 0 Å². The van der Waals surface area contributed by atoms with E-state index >= 15 is 0 Å². The SMILES string of the molecule is N#CC(NC(=O)c1ccnc(Cl)c1)c1ccco1. The summed E-state index contributed by atoms with van der Waals surface area (Å²) in [5, 5.41) is 11.7. The number of halogens is 1. The van der Waals surface area contributed by atoms with Gasteiger partial charge in [-0.15, -0.1) is 0 Å². The van der Waals surface area contributed by atoms with Crippen LogP contribution in [-0.4, -0.2) is 10.9 Å². The van der Waals surface area contributed by atoms with Gasteiger partial charge >= 0.3 is 0 Å². The Hall–Kier alpha value is -2.32. The molecule has 0 bridgehead atoms. The number of hydrogen-bond donors (Lipinski definition) is 1. The van der Waals surface area contributed by atoms with Crippen molar-refractivity contribution in [2.75, 3.05) is 0 Å². The third kappa shape index (κ3) is 2.67. The lowest BCUT2D eigenvalue weighted by molar-refractivity contribution is 0.0941. The third-order valence-electron chi connectivity index (χ3n) is 2.22. The van der Waals surface area contributed by atoms with E-state index in [1.807, 2.05) is 6.07 Å². The number of nitrogens with one attached hydrogen (secondary N) is 1. The van der Waals surface area contributed by atoms with E-state index in [-0.39, 0.29) is 5.15 Å². The zero-order chi connectivity index (χ0) is 13.0. The molecule has 1 unspecified atom stereocenters. The Morgan fingerprint density at radius 2 is 2.39 bits per heavy atom. The molecule has 1 N–H and O–H groups in total. The number of nitriles is 1. The molecule has 18 heavy (non-hydrogen) atoms. The molecule has 2 aromatic heterocycles. The maximum absolute atomic E-state index is 11.9. The number of amides is 1. The molecule has 2 rings (SSSR count). The molecule has 0 aromatic carbocycles. The van der Waals surface area contributed by atoms with Crippen molar-refractivity contribution in [2.45, 2.75) is 6.04 Å². The van der Waals surface area contributed by atoms with Crippen molar-refractivity contribution in [1.82, 2.24) is 10.3 Å². The number of aromatic nitrogens is 1.